The van der Waals surface area contributed by atoms with E-state index < -0.39 is 0 Å². The smallest absolute Gasteiger partial charge is 0.257 e. The van der Waals surface area contributed by atoms with E-state index in [1.165, 1.54) is 0 Å². The van der Waals surface area contributed by atoms with Gasteiger partial charge in [0.2, 0.25) is 6.79 Å². The largest absolute Gasteiger partial charge is 0.454 e. The highest BCUT2D eigenvalue weighted by Gasteiger charge is 2.26. The van der Waals surface area contributed by atoms with Crippen molar-refractivity contribution in [1.29, 1.82) is 0 Å². The Morgan fingerprint density at radius 1 is 1.00 bits per heavy atom. The minimum absolute atomic E-state index is 0.154. The summed E-state index contributed by atoms with van der Waals surface area (Å²) < 4.78 is 12.7. The highest BCUT2D eigenvalue weighted by atomic mass is 35.5. The predicted molar refractivity (Wildman–Crippen MR) is 130 cm³/mol. The van der Waals surface area contributed by atoms with Crippen molar-refractivity contribution in [2.45, 2.75) is 6.54 Å². The van der Waals surface area contributed by atoms with Crippen LogP contribution < -0.4 is 20.5 Å². The van der Waals surface area contributed by atoms with E-state index in [-0.39, 0.29) is 30.6 Å². The Hall–Kier alpha value is -4.30. The lowest BCUT2D eigenvalue weighted by Crippen LogP contribution is -2.24. The van der Waals surface area contributed by atoms with Crippen LogP contribution in [0.1, 0.15) is 15.9 Å². The number of nitrogens with one attached hydrogen (secondary N) is 1. The van der Waals surface area contributed by atoms with Crippen LogP contribution in [0.5, 0.6) is 11.5 Å². The molecule has 8 nitrogen and oxygen atoms in total. The SMILES string of the molecule is Nc1c(C(=O)NCc2ccccc2Cl)c2nc3ccccc3nc2n1-c1ccc2c(c1)OCO2. The lowest BCUT2D eigenvalue weighted by atomic mass is 10.2. The number of para-hydroxylation sites is 2. The number of fused-ring (bicyclic) bond motifs is 3. The lowest BCUT2D eigenvalue weighted by molar-refractivity contribution is 0.0953. The van der Waals surface area contributed by atoms with Crippen molar-refractivity contribution in [3.05, 3.63) is 82.9 Å². The van der Waals surface area contributed by atoms with E-state index in [1.54, 1.807) is 22.8 Å². The van der Waals surface area contributed by atoms with Gasteiger partial charge in [-0.2, -0.15) is 0 Å². The molecule has 0 saturated carbocycles. The molecule has 2 aromatic heterocycles. The molecular weight excluding hydrogens is 454 g/mol. The summed E-state index contributed by atoms with van der Waals surface area (Å²) in [5.41, 5.74) is 10.5. The number of nitrogens with zero attached hydrogens (tertiary/aromatic N) is 3. The minimum Gasteiger partial charge on any atom is -0.454 e. The molecule has 3 heterocycles. The number of anilines is 1. The van der Waals surface area contributed by atoms with E-state index in [0.29, 0.717) is 44.4 Å². The quantitative estimate of drug-likeness (QED) is 0.401. The van der Waals surface area contributed by atoms with Crippen LogP contribution in [0.4, 0.5) is 5.82 Å². The molecule has 0 aliphatic carbocycles. The molecule has 0 atom stereocenters. The summed E-state index contributed by atoms with van der Waals surface area (Å²) in [5, 5.41) is 3.49. The Morgan fingerprint density at radius 3 is 2.56 bits per heavy atom. The molecule has 0 unspecified atom stereocenters. The van der Waals surface area contributed by atoms with Gasteiger partial charge in [-0.15, -0.1) is 0 Å². The number of aromatic nitrogens is 3. The van der Waals surface area contributed by atoms with Gasteiger partial charge < -0.3 is 20.5 Å². The van der Waals surface area contributed by atoms with Crippen molar-refractivity contribution >= 4 is 45.5 Å². The van der Waals surface area contributed by atoms with Crippen LogP contribution >= 0.6 is 11.6 Å². The number of hydrogen-bond donors (Lipinski definition) is 2. The number of nitrogens with two attached hydrogens (primary N) is 1. The van der Waals surface area contributed by atoms with Crippen LogP contribution in [0.2, 0.25) is 5.02 Å². The zero-order valence-corrected chi connectivity index (χ0v) is 18.5. The van der Waals surface area contributed by atoms with Crippen molar-refractivity contribution in [1.82, 2.24) is 19.9 Å². The summed E-state index contributed by atoms with van der Waals surface area (Å²) in [4.78, 5) is 22.9. The molecule has 1 aliphatic heterocycles. The number of rotatable bonds is 4. The number of halogens is 1. The Bertz CT molecular complexity index is 1600. The predicted octanol–water partition coefficient (Wildman–Crippen LogP) is 4.47. The molecule has 0 bridgehead atoms. The number of carbonyl (C=O) groups is 1. The third kappa shape index (κ3) is 3.27. The summed E-state index contributed by atoms with van der Waals surface area (Å²) in [6, 6.07) is 20.3. The van der Waals surface area contributed by atoms with Crippen LogP contribution in [0.15, 0.2) is 66.7 Å². The summed E-state index contributed by atoms with van der Waals surface area (Å²) in [5.74, 6) is 1.09. The molecule has 168 valence electrons. The summed E-state index contributed by atoms with van der Waals surface area (Å²) in [6.07, 6.45) is 0. The summed E-state index contributed by atoms with van der Waals surface area (Å²) >= 11 is 6.25. The van der Waals surface area contributed by atoms with Crippen molar-refractivity contribution < 1.29 is 14.3 Å². The second-order valence-electron chi connectivity index (χ2n) is 7.79. The molecular formula is C25H18ClN5O3. The number of hydrogen-bond acceptors (Lipinski definition) is 6. The third-order valence-electron chi connectivity index (χ3n) is 5.74. The first kappa shape index (κ1) is 20.3. The van der Waals surface area contributed by atoms with Crippen LogP contribution in [-0.4, -0.2) is 27.2 Å². The fraction of sp³-hybridized carbons (Fsp3) is 0.0800. The van der Waals surface area contributed by atoms with Gasteiger partial charge in [0.25, 0.3) is 5.91 Å². The van der Waals surface area contributed by atoms with E-state index in [4.69, 9.17) is 36.8 Å². The molecule has 3 aromatic carbocycles. The van der Waals surface area contributed by atoms with Gasteiger partial charge in [0.15, 0.2) is 17.1 Å². The van der Waals surface area contributed by atoms with Crippen LogP contribution in [0.3, 0.4) is 0 Å². The van der Waals surface area contributed by atoms with Crippen molar-refractivity contribution in [2.24, 2.45) is 0 Å². The third-order valence-corrected chi connectivity index (χ3v) is 6.11. The van der Waals surface area contributed by atoms with Crippen molar-refractivity contribution in [2.75, 3.05) is 12.5 Å². The molecule has 0 fully saturated rings. The molecule has 0 radical (unpaired) electrons. The Labute approximate surface area is 198 Å². The molecule has 0 spiro atoms. The average Bonchev–Trinajstić information content (AvgIpc) is 3.42. The maximum absolute atomic E-state index is 13.4. The van der Waals surface area contributed by atoms with Crippen molar-refractivity contribution in [3.63, 3.8) is 0 Å². The minimum atomic E-state index is -0.369. The number of amides is 1. The molecule has 9 heteroatoms. The molecule has 1 amide bonds. The Morgan fingerprint density at radius 2 is 1.74 bits per heavy atom. The maximum atomic E-state index is 13.4. The summed E-state index contributed by atoms with van der Waals surface area (Å²) in [6.45, 7) is 0.399. The standard InChI is InChI=1S/C25H18ClN5O3/c26-16-6-2-1-5-14(16)12-28-25(32)21-22-24(30-18-8-4-3-7-17(18)29-22)31(23(21)27)15-9-10-19-20(11-15)34-13-33-19/h1-11H,12-13,27H2,(H,28,32). The van der Waals surface area contributed by atoms with Gasteiger partial charge >= 0.3 is 0 Å². The van der Waals surface area contributed by atoms with Gasteiger partial charge in [0.05, 0.1) is 16.7 Å². The summed E-state index contributed by atoms with van der Waals surface area (Å²) in [7, 11) is 0. The van der Waals surface area contributed by atoms with Gasteiger partial charge in [-0.25, -0.2) is 9.97 Å². The van der Waals surface area contributed by atoms with Gasteiger partial charge in [-0.05, 0) is 35.9 Å². The number of carbonyl (C=O) groups excluding carboxylic acids is 1. The number of nitrogen functional groups attached to an aromatic ring is 1. The second-order valence-corrected chi connectivity index (χ2v) is 8.20. The van der Waals surface area contributed by atoms with E-state index in [2.05, 4.69) is 5.32 Å². The topological polar surface area (TPSA) is 104 Å². The van der Waals surface area contributed by atoms with Gasteiger partial charge in [0.1, 0.15) is 16.9 Å². The van der Waals surface area contributed by atoms with Crippen LogP contribution in [0, 0.1) is 0 Å². The number of ether oxygens (including phenoxy) is 2. The van der Waals surface area contributed by atoms with E-state index in [0.717, 1.165) is 5.56 Å². The first-order valence-corrected chi connectivity index (χ1v) is 11.0. The fourth-order valence-electron chi connectivity index (χ4n) is 4.08. The maximum Gasteiger partial charge on any atom is 0.257 e. The first-order valence-electron chi connectivity index (χ1n) is 10.6. The van der Waals surface area contributed by atoms with Gasteiger partial charge in [0, 0.05) is 17.6 Å². The molecule has 3 N–H and O–H groups in total. The molecule has 34 heavy (non-hydrogen) atoms. The second kappa shape index (κ2) is 7.93. The van der Waals surface area contributed by atoms with E-state index in [1.807, 2.05) is 48.5 Å². The molecule has 6 rings (SSSR count). The normalized spacial score (nSPS) is 12.4. The Kier molecular flexibility index (Phi) is 4.74. The number of benzene rings is 3. The van der Waals surface area contributed by atoms with Gasteiger partial charge in [-0.3, -0.25) is 9.36 Å². The van der Waals surface area contributed by atoms with Crippen LogP contribution in [0.25, 0.3) is 27.9 Å². The van der Waals surface area contributed by atoms with E-state index >= 15 is 0 Å². The highest BCUT2D eigenvalue weighted by molar-refractivity contribution is 6.31. The zero-order valence-electron chi connectivity index (χ0n) is 17.8. The zero-order chi connectivity index (χ0) is 23.2. The van der Waals surface area contributed by atoms with Gasteiger partial charge in [-0.1, -0.05) is 41.9 Å². The molecule has 0 saturated heterocycles. The van der Waals surface area contributed by atoms with Crippen LogP contribution in [-0.2, 0) is 6.54 Å². The highest BCUT2D eigenvalue weighted by Crippen LogP contribution is 2.37. The van der Waals surface area contributed by atoms with E-state index in [9.17, 15) is 4.79 Å². The van der Waals surface area contributed by atoms with Crippen molar-refractivity contribution in [3.8, 4) is 17.2 Å². The molecule has 5 aromatic rings. The fourth-order valence-corrected chi connectivity index (χ4v) is 4.28. The Balaban J connectivity index is 1.51. The average molecular weight is 472 g/mol. The first-order chi connectivity index (χ1) is 16.6. The molecule has 1 aliphatic rings. The monoisotopic (exact) mass is 471 g/mol. The lowest BCUT2D eigenvalue weighted by Gasteiger charge is -2.09.